The molecule has 0 radical (unpaired) electrons. The highest BCUT2D eigenvalue weighted by Crippen LogP contribution is 2.09. The van der Waals surface area contributed by atoms with E-state index >= 15 is 0 Å². The second-order valence-corrected chi connectivity index (χ2v) is 6.11. The van der Waals surface area contributed by atoms with Crippen LogP contribution < -0.4 is 16.4 Å². The molecular weight excluding hydrogens is 326 g/mol. The van der Waals surface area contributed by atoms with Crippen molar-refractivity contribution in [2.75, 3.05) is 13.1 Å². The fraction of sp³-hybridized carbons (Fsp3) is 0.556. The third-order valence-electron chi connectivity index (χ3n) is 4.25. The smallest absolute Gasteiger partial charge is 0.239 e. The summed E-state index contributed by atoms with van der Waals surface area (Å²) >= 11 is 0. The third-order valence-corrected chi connectivity index (χ3v) is 4.25. The van der Waals surface area contributed by atoms with E-state index in [4.69, 9.17) is 5.73 Å². The van der Waals surface area contributed by atoms with Crippen LogP contribution in [0.25, 0.3) is 0 Å². The molecule has 0 bridgehead atoms. The number of amides is 2. The summed E-state index contributed by atoms with van der Waals surface area (Å²) in [5.74, 6) is -0.323. The van der Waals surface area contributed by atoms with Gasteiger partial charge in [0, 0.05) is 18.5 Å². The van der Waals surface area contributed by atoms with E-state index in [0.717, 1.165) is 18.4 Å². The average Bonchev–Trinajstić information content (AvgIpc) is 2.57. The Balaban J connectivity index is 0.00000529. The molecule has 0 aliphatic rings. The van der Waals surface area contributed by atoms with Crippen LogP contribution >= 0.6 is 12.4 Å². The topological polar surface area (TPSA) is 84.2 Å². The van der Waals surface area contributed by atoms with Crippen molar-refractivity contribution in [1.82, 2.24) is 10.6 Å². The van der Waals surface area contributed by atoms with Crippen molar-refractivity contribution in [3.05, 3.63) is 35.4 Å². The molecule has 0 spiro atoms. The molecule has 2 amide bonds. The van der Waals surface area contributed by atoms with Crippen molar-refractivity contribution in [1.29, 1.82) is 0 Å². The van der Waals surface area contributed by atoms with Crippen LogP contribution in [0.15, 0.2) is 24.3 Å². The highest BCUT2D eigenvalue weighted by Gasteiger charge is 2.20. The van der Waals surface area contributed by atoms with Gasteiger partial charge in [0.2, 0.25) is 11.8 Å². The average molecular weight is 356 g/mol. The fourth-order valence-corrected chi connectivity index (χ4v) is 2.12. The summed E-state index contributed by atoms with van der Waals surface area (Å²) in [6.07, 6.45) is 2.64. The molecule has 0 aromatic heterocycles. The summed E-state index contributed by atoms with van der Waals surface area (Å²) in [6, 6.07) is 8.10. The van der Waals surface area contributed by atoms with E-state index in [1.54, 1.807) is 0 Å². The van der Waals surface area contributed by atoms with Gasteiger partial charge in [-0.25, -0.2) is 0 Å². The van der Waals surface area contributed by atoms with E-state index < -0.39 is 0 Å². The lowest BCUT2D eigenvalue weighted by Crippen LogP contribution is -2.50. The summed E-state index contributed by atoms with van der Waals surface area (Å²) in [5, 5.41) is 5.43. The van der Waals surface area contributed by atoms with Gasteiger partial charge in [0.25, 0.3) is 0 Å². The molecule has 5 nitrogen and oxygen atoms in total. The normalized spacial score (nSPS) is 10.7. The Morgan fingerprint density at radius 3 is 2.17 bits per heavy atom. The van der Waals surface area contributed by atoms with E-state index in [0.29, 0.717) is 19.4 Å². The van der Waals surface area contributed by atoms with Crippen LogP contribution in [-0.4, -0.2) is 30.4 Å². The third kappa shape index (κ3) is 8.31. The van der Waals surface area contributed by atoms with Gasteiger partial charge in [-0.1, -0.05) is 43.7 Å². The molecule has 0 heterocycles. The Bertz CT molecular complexity index is 514. The van der Waals surface area contributed by atoms with Crippen molar-refractivity contribution >= 4 is 24.2 Å². The maximum Gasteiger partial charge on any atom is 0.239 e. The second-order valence-electron chi connectivity index (χ2n) is 6.11. The molecule has 1 aromatic carbocycles. The highest BCUT2D eigenvalue weighted by molar-refractivity contribution is 5.85. The largest absolute Gasteiger partial charge is 0.353 e. The lowest BCUT2D eigenvalue weighted by Gasteiger charge is -2.26. The highest BCUT2D eigenvalue weighted by atomic mass is 35.5. The van der Waals surface area contributed by atoms with Gasteiger partial charge < -0.3 is 16.4 Å². The molecule has 4 N–H and O–H groups in total. The molecule has 0 aliphatic heterocycles. The molecule has 0 aliphatic carbocycles. The molecule has 6 heteroatoms. The zero-order chi connectivity index (χ0) is 17.3. The summed E-state index contributed by atoms with van der Waals surface area (Å²) < 4.78 is 0. The summed E-state index contributed by atoms with van der Waals surface area (Å²) in [7, 11) is 0. The first kappa shape index (κ1) is 22.4. The second kappa shape index (κ2) is 11.0. The Morgan fingerprint density at radius 2 is 1.62 bits per heavy atom. The number of hydrogen-bond acceptors (Lipinski definition) is 3. The lowest BCUT2D eigenvalue weighted by molar-refractivity contribution is -0.126. The van der Waals surface area contributed by atoms with Crippen LogP contribution in [0.1, 0.15) is 44.2 Å². The number of nitrogens with one attached hydrogen (secondary N) is 2. The first-order valence-corrected chi connectivity index (χ1v) is 8.26. The number of rotatable bonds is 9. The number of carbonyl (C=O) groups excluding carboxylic acids is 2. The van der Waals surface area contributed by atoms with Crippen molar-refractivity contribution in [2.24, 2.45) is 5.73 Å². The molecule has 0 unspecified atom stereocenters. The number of benzene rings is 1. The van der Waals surface area contributed by atoms with E-state index in [9.17, 15) is 9.59 Å². The molecule has 0 saturated carbocycles. The van der Waals surface area contributed by atoms with Crippen LogP contribution in [-0.2, 0) is 16.0 Å². The predicted octanol–water partition coefficient (Wildman–Crippen LogP) is 2.10. The standard InChI is InChI=1S/C18H29N3O2.ClH/c1-4-18(19,5-2)13-21-17(23)12-20-16(22)11-10-15-8-6-14(3)7-9-15;/h6-9H,4-5,10-13,19H2,1-3H3,(H,20,22)(H,21,23);1H. The molecular formula is C18H30ClN3O2. The Kier molecular flexibility index (Phi) is 10.3. The SMILES string of the molecule is CCC(N)(CC)CNC(=O)CNC(=O)CCc1ccc(C)cc1.Cl. The van der Waals surface area contributed by atoms with E-state index in [1.807, 2.05) is 45.0 Å². The summed E-state index contributed by atoms with van der Waals surface area (Å²) in [4.78, 5) is 23.5. The van der Waals surface area contributed by atoms with Gasteiger partial charge >= 0.3 is 0 Å². The van der Waals surface area contributed by atoms with Crippen LogP contribution in [0.3, 0.4) is 0 Å². The molecule has 1 aromatic rings. The maximum absolute atomic E-state index is 11.8. The van der Waals surface area contributed by atoms with E-state index in [-0.39, 0.29) is 36.3 Å². The molecule has 24 heavy (non-hydrogen) atoms. The molecule has 1 rings (SSSR count). The first-order chi connectivity index (χ1) is 10.9. The van der Waals surface area contributed by atoms with Gasteiger partial charge in [-0.3, -0.25) is 9.59 Å². The van der Waals surface area contributed by atoms with Gasteiger partial charge in [-0.15, -0.1) is 12.4 Å². The van der Waals surface area contributed by atoms with Crippen LogP contribution in [0.4, 0.5) is 0 Å². The van der Waals surface area contributed by atoms with Crippen molar-refractivity contribution in [3.63, 3.8) is 0 Å². The molecule has 136 valence electrons. The molecule has 0 fully saturated rings. The van der Waals surface area contributed by atoms with Crippen molar-refractivity contribution < 1.29 is 9.59 Å². The maximum atomic E-state index is 11.8. The Hall–Kier alpha value is -1.59. The van der Waals surface area contributed by atoms with Crippen LogP contribution in [0.2, 0.25) is 0 Å². The van der Waals surface area contributed by atoms with Gasteiger partial charge in [0.1, 0.15) is 0 Å². The summed E-state index contributed by atoms with van der Waals surface area (Å²) in [5.41, 5.74) is 8.07. The summed E-state index contributed by atoms with van der Waals surface area (Å²) in [6.45, 7) is 6.46. The molecule has 0 atom stereocenters. The number of aryl methyl sites for hydroxylation is 2. The number of halogens is 1. The van der Waals surface area contributed by atoms with E-state index in [2.05, 4.69) is 10.6 Å². The van der Waals surface area contributed by atoms with Crippen LogP contribution in [0.5, 0.6) is 0 Å². The lowest BCUT2D eigenvalue weighted by atomic mass is 9.94. The fourth-order valence-electron chi connectivity index (χ4n) is 2.12. The van der Waals surface area contributed by atoms with Gasteiger partial charge in [0.05, 0.1) is 6.54 Å². The monoisotopic (exact) mass is 355 g/mol. The zero-order valence-corrected chi connectivity index (χ0v) is 15.7. The van der Waals surface area contributed by atoms with Gasteiger partial charge in [-0.05, 0) is 31.7 Å². The van der Waals surface area contributed by atoms with Crippen molar-refractivity contribution in [3.8, 4) is 0 Å². The Labute approximate surface area is 151 Å². The number of carbonyl (C=O) groups is 2. The minimum absolute atomic E-state index is 0. The van der Waals surface area contributed by atoms with Crippen LogP contribution in [0, 0.1) is 6.92 Å². The van der Waals surface area contributed by atoms with Gasteiger partial charge in [-0.2, -0.15) is 0 Å². The zero-order valence-electron chi connectivity index (χ0n) is 14.9. The van der Waals surface area contributed by atoms with Crippen molar-refractivity contribution in [2.45, 2.75) is 52.0 Å². The van der Waals surface area contributed by atoms with Gasteiger partial charge in [0.15, 0.2) is 0 Å². The minimum atomic E-state index is -0.370. The molecule has 0 saturated heterocycles. The Morgan fingerprint density at radius 1 is 1.04 bits per heavy atom. The number of hydrogen-bond donors (Lipinski definition) is 3. The predicted molar refractivity (Wildman–Crippen MR) is 100 cm³/mol. The quantitative estimate of drug-likeness (QED) is 0.634. The van der Waals surface area contributed by atoms with E-state index in [1.165, 1.54) is 5.56 Å². The first-order valence-electron chi connectivity index (χ1n) is 8.26. The minimum Gasteiger partial charge on any atom is -0.353 e. The number of nitrogens with two attached hydrogens (primary N) is 1.